The van der Waals surface area contributed by atoms with Crippen LogP contribution in [0.3, 0.4) is 0 Å². The fraction of sp³-hybridized carbons (Fsp3) is 0.500. The van der Waals surface area contributed by atoms with Gasteiger partial charge < -0.3 is 5.32 Å². The molecule has 1 fully saturated rings. The van der Waals surface area contributed by atoms with E-state index in [0.717, 1.165) is 18.2 Å². The Labute approximate surface area is 113 Å². The van der Waals surface area contributed by atoms with Gasteiger partial charge in [0.25, 0.3) is 0 Å². The van der Waals surface area contributed by atoms with Gasteiger partial charge in [-0.3, -0.25) is 0 Å². The molecule has 0 aromatic heterocycles. The van der Waals surface area contributed by atoms with Gasteiger partial charge in [0.1, 0.15) is 0 Å². The average Bonchev–Trinajstić information content (AvgIpc) is 2.66. The van der Waals surface area contributed by atoms with Crippen molar-refractivity contribution in [1.29, 1.82) is 0 Å². The molecule has 0 aliphatic carbocycles. The largest absolute Gasteiger partial charge is 0.417 e. The fourth-order valence-electron chi connectivity index (χ4n) is 1.97. The highest BCUT2D eigenvalue weighted by molar-refractivity contribution is 8.00. The number of nitrogens with one attached hydrogen (secondary N) is 1. The number of anilines is 1. The topological polar surface area (TPSA) is 12.0 Å². The minimum absolute atomic E-state index is 0.220. The lowest BCUT2D eigenvalue weighted by Gasteiger charge is -2.19. The molecule has 1 aromatic carbocycles. The Kier molecular flexibility index (Phi) is 4.02. The number of benzene rings is 1. The first kappa shape index (κ1) is 13.9. The molecule has 0 radical (unpaired) electrons. The Bertz CT molecular complexity index is 436. The van der Waals surface area contributed by atoms with E-state index in [2.05, 4.69) is 12.2 Å². The van der Waals surface area contributed by atoms with Crippen molar-refractivity contribution in [3.63, 3.8) is 0 Å². The monoisotopic (exact) mass is 295 g/mol. The second-order valence-electron chi connectivity index (χ2n) is 4.31. The maximum absolute atomic E-state index is 12.7. The predicted octanol–water partition coefficient (Wildman–Crippen LogP) is 4.66. The Morgan fingerprint density at radius 2 is 2.11 bits per heavy atom. The predicted molar refractivity (Wildman–Crippen MR) is 70.4 cm³/mol. The molecular weight excluding hydrogens is 283 g/mol. The molecule has 1 aromatic rings. The van der Waals surface area contributed by atoms with Crippen LogP contribution < -0.4 is 5.32 Å². The molecule has 0 saturated carbocycles. The number of alkyl halides is 3. The minimum Gasteiger partial charge on any atom is -0.381 e. The molecule has 2 atom stereocenters. The summed E-state index contributed by atoms with van der Waals surface area (Å²) in [6.07, 6.45) is -3.44. The van der Waals surface area contributed by atoms with Crippen molar-refractivity contribution < 1.29 is 13.2 Å². The molecule has 1 aliphatic rings. The highest BCUT2D eigenvalue weighted by Crippen LogP contribution is 2.37. The van der Waals surface area contributed by atoms with E-state index in [4.69, 9.17) is 11.6 Å². The van der Waals surface area contributed by atoms with Crippen LogP contribution in [0.25, 0.3) is 0 Å². The van der Waals surface area contributed by atoms with Crippen LogP contribution in [0, 0.1) is 0 Å². The summed E-state index contributed by atoms with van der Waals surface area (Å²) in [4.78, 5) is 0. The third-order valence-corrected chi connectivity index (χ3v) is 4.66. The molecule has 0 amide bonds. The van der Waals surface area contributed by atoms with Crippen LogP contribution in [0.4, 0.5) is 18.9 Å². The zero-order valence-electron chi connectivity index (χ0n) is 9.72. The fourth-order valence-corrected chi connectivity index (χ4v) is 3.39. The maximum Gasteiger partial charge on any atom is 0.417 e. The summed E-state index contributed by atoms with van der Waals surface area (Å²) in [5.74, 6) is 1.04. The van der Waals surface area contributed by atoms with Gasteiger partial charge in [0.05, 0.1) is 10.6 Å². The quantitative estimate of drug-likeness (QED) is 0.851. The number of hydrogen-bond donors (Lipinski definition) is 1. The van der Waals surface area contributed by atoms with Crippen molar-refractivity contribution in [3.8, 4) is 0 Å². The van der Waals surface area contributed by atoms with E-state index in [9.17, 15) is 13.2 Å². The van der Waals surface area contributed by atoms with Crippen molar-refractivity contribution in [2.24, 2.45) is 0 Å². The van der Waals surface area contributed by atoms with Crippen LogP contribution in [-0.4, -0.2) is 17.0 Å². The van der Waals surface area contributed by atoms with Gasteiger partial charge in [-0.05, 0) is 30.4 Å². The van der Waals surface area contributed by atoms with E-state index in [0.29, 0.717) is 10.9 Å². The van der Waals surface area contributed by atoms with Crippen LogP contribution in [0.15, 0.2) is 18.2 Å². The zero-order valence-corrected chi connectivity index (χ0v) is 11.3. The molecule has 2 rings (SSSR count). The van der Waals surface area contributed by atoms with Crippen LogP contribution in [0.1, 0.15) is 18.9 Å². The van der Waals surface area contributed by atoms with Crippen LogP contribution in [-0.2, 0) is 6.18 Å². The van der Waals surface area contributed by atoms with E-state index in [1.165, 1.54) is 6.07 Å². The zero-order chi connectivity index (χ0) is 13.3. The molecule has 6 heteroatoms. The molecule has 0 bridgehead atoms. The molecule has 100 valence electrons. The molecular formula is C12H13ClF3NS. The van der Waals surface area contributed by atoms with Crippen molar-refractivity contribution in [2.45, 2.75) is 30.8 Å². The Hall–Kier alpha value is -0.550. The highest BCUT2D eigenvalue weighted by Gasteiger charge is 2.33. The lowest BCUT2D eigenvalue weighted by atomic mass is 10.1. The molecule has 1 saturated heterocycles. The first-order valence-corrected chi connectivity index (χ1v) is 7.05. The summed E-state index contributed by atoms with van der Waals surface area (Å²) in [7, 11) is 0. The van der Waals surface area contributed by atoms with E-state index >= 15 is 0 Å². The van der Waals surface area contributed by atoms with Crippen molar-refractivity contribution >= 4 is 29.1 Å². The summed E-state index contributed by atoms with van der Waals surface area (Å²) in [5.41, 5.74) is -0.307. The van der Waals surface area contributed by atoms with Crippen LogP contribution in [0.2, 0.25) is 5.02 Å². The third kappa shape index (κ3) is 3.06. The average molecular weight is 296 g/mol. The maximum atomic E-state index is 12.7. The van der Waals surface area contributed by atoms with Crippen molar-refractivity contribution in [2.75, 3.05) is 11.1 Å². The van der Waals surface area contributed by atoms with Gasteiger partial charge in [-0.1, -0.05) is 18.5 Å². The minimum atomic E-state index is -4.41. The van der Waals surface area contributed by atoms with Crippen molar-refractivity contribution in [1.82, 2.24) is 0 Å². The van der Waals surface area contributed by atoms with Gasteiger partial charge in [0.2, 0.25) is 0 Å². The van der Waals surface area contributed by atoms with E-state index in [1.807, 2.05) is 11.8 Å². The summed E-state index contributed by atoms with van der Waals surface area (Å²) in [5, 5.41) is 3.30. The molecule has 1 N–H and O–H groups in total. The summed E-state index contributed by atoms with van der Waals surface area (Å²) in [6.45, 7) is 2.08. The van der Waals surface area contributed by atoms with Crippen LogP contribution >= 0.6 is 23.4 Å². The Balaban J connectivity index is 2.19. The van der Waals surface area contributed by atoms with Crippen LogP contribution in [0.5, 0.6) is 0 Å². The number of halogens is 4. The lowest BCUT2D eigenvalue weighted by molar-refractivity contribution is -0.137. The Morgan fingerprint density at radius 3 is 2.67 bits per heavy atom. The molecule has 18 heavy (non-hydrogen) atoms. The van der Waals surface area contributed by atoms with Gasteiger partial charge in [-0.15, -0.1) is 0 Å². The summed E-state index contributed by atoms with van der Waals surface area (Å²) < 4.78 is 38.1. The van der Waals surface area contributed by atoms with Gasteiger partial charge >= 0.3 is 6.18 Å². The highest BCUT2D eigenvalue weighted by atomic mass is 35.5. The second-order valence-corrected chi connectivity index (χ2v) is 6.20. The van der Waals surface area contributed by atoms with E-state index in [1.54, 1.807) is 6.07 Å². The van der Waals surface area contributed by atoms with Gasteiger partial charge in [-0.2, -0.15) is 24.9 Å². The smallest absolute Gasteiger partial charge is 0.381 e. The standard InChI is InChI=1S/C12H13ClF3NS/c1-7-11(4-5-18-7)17-8-2-3-10(13)9(6-8)12(14,15)16/h2-3,6-7,11,17H,4-5H2,1H3. The first-order chi connectivity index (χ1) is 8.38. The normalized spacial score (nSPS) is 24.3. The Morgan fingerprint density at radius 1 is 1.39 bits per heavy atom. The van der Waals surface area contributed by atoms with Gasteiger partial charge in [0.15, 0.2) is 0 Å². The number of rotatable bonds is 2. The SMILES string of the molecule is CC1SCCC1Nc1ccc(Cl)c(C(F)(F)F)c1. The number of hydrogen-bond acceptors (Lipinski definition) is 2. The number of thioether (sulfide) groups is 1. The summed E-state index contributed by atoms with van der Waals surface area (Å²) >= 11 is 7.40. The van der Waals surface area contributed by atoms with Crippen molar-refractivity contribution in [3.05, 3.63) is 28.8 Å². The molecule has 1 heterocycles. The third-order valence-electron chi connectivity index (χ3n) is 3.00. The van der Waals surface area contributed by atoms with E-state index < -0.39 is 11.7 Å². The molecule has 1 nitrogen and oxygen atoms in total. The van der Waals surface area contributed by atoms with E-state index in [-0.39, 0.29) is 11.1 Å². The molecule has 0 spiro atoms. The van der Waals surface area contributed by atoms with Gasteiger partial charge in [-0.25, -0.2) is 0 Å². The van der Waals surface area contributed by atoms with Gasteiger partial charge in [0, 0.05) is 17.0 Å². The second kappa shape index (κ2) is 5.21. The first-order valence-electron chi connectivity index (χ1n) is 5.63. The lowest BCUT2D eigenvalue weighted by Crippen LogP contribution is -2.24. The molecule has 1 aliphatic heterocycles. The summed E-state index contributed by atoms with van der Waals surface area (Å²) in [6, 6.07) is 4.18. The molecule has 2 unspecified atom stereocenters.